The van der Waals surface area contributed by atoms with Crippen LogP contribution in [0.15, 0.2) is 69.9 Å². The Labute approximate surface area is 274 Å². The summed E-state index contributed by atoms with van der Waals surface area (Å²) >= 11 is 6.72. The summed E-state index contributed by atoms with van der Waals surface area (Å²) in [6.45, 7) is 8.04. The Bertz CT molecular complexity index is 1860. The topological polar surface area (TPSA) is 134 Å². The Morgan fingerprint density at radius 2 is 1.80 bits per heavy atom. The zero-order chi connectivity index (χ0) is 32.6. The minimum atomic E-state index is -2.91. The summed E-state index contributed by atoms with van der Waals surface area (Å²) in [6.07, 6.45) is -0.573. The van der Waals surface area contributed by atoms with E-state index in [0.29, 0.717) is 44.5 Å². The number of aliphatic hydroxyl groups excluding tert-OH is 1. The van der Waals surface area contributed by atoms with Gasteiger partial charge in [-0.15, -0.1) is 0 Å². The number of ether oxygens (including phenoxy) is 4. The molecule has 2 saturated heterocycles. The highest BCUT2D eigenvalue weighted by atomic mass is 35.5. The van der Waals surface area contributed by atoms with E-state index in [0.717, 1.165) is 6.04 Å². The van der Waals surface area contributed by atoms with Gasteiger partial charge in [-0.05, 0) is 36.4 Å². The molecule has 11 nitrogen and oxygen atoms in total. The van der Waals surface area contributed by atoms with E-state index in [9.17, 15) is 14.1 Å². The number of imidazole rings is 1. The highest BCUT2D eigenvalue weighted by Gasteiger charge is 2.49. The molecular formula is C32H37ClN4O7SSi. The first-order valence-electron chi connectivity index (χ1n) is 15.0. The minimum Gasteiger partial charge on any atom is -0.456 e. The van der Waals surface area contributed by atoms with Gasteiger partial charge < -0.3 is 24.1 Å². The van der Waals surface area contributed by atoms with Crippen LogP contribution in [0.2, 0.25) is 30.7 Å². The van der Waals surface area contributed by atoms with Crippen LogP contribution in [0.25, 0.3) is 22.4 Å². The fourth-order valence-electron chi connectivity index (χ4n) is 5.34. The molecule has 0 radical (unpaired) electrons. The molecule has 2 aliphatic heterocycles. The van der Waals surface area contributed by atoms with Crippen LogP contribution < -0.4 is 4.74 Å². The molecule has 14 heteroatoms. The van der Waals surface area contributed by atoms with Crippen LogP contribution in [-0.2, 0) is 30.7 Å². The fourth-order valence-corrected chi connectivity index (χ4v) is 7.54. The number of rotatable bonds is 10. The first-order valence-corrected chi connectivity index (χ1v) is 21.0. The number of aliphatic hydroxyl groups is 1. The number of fused-ring (bicyclic) bond motifs is 2. The number of amides is 1. The van der Waals surface area contributed by atoms with Crippen molar-refractivity contribution >= 4 is 46.5 Å². The molecule has 5 atom stereocenters. The van der Waals surface area contributed by atoms with Crippen molar-refractivity contribution in [2.45, 2.75) is 61.7 Å². The number of nitrogens with zero attached hydrogens (tertiary/aromatic N) is 4. The van der Waals surface area contributed by atoms with Crippen molar-refractivity contribution < 1.29 is 33.1 Å². The average Bonchev–Trinajstić information content (AvgIpc) is 3.69. The van der Waals surface area contributed by atoms with Crippen molar-refractivity contribution in [2.75, 3.05) is 26.1 Å². The van der Waals surface area contributed by atoms with Gasteiger partial charge in [0.1, 0.15) is 30.6 Å². The van der Waals surface area contributed by atoms with Crippen LogP contribution >= 0.6 is 11.6 Å². The van der Waals surface area contributed by atoms with Gasteiger partial charge in [0.05, 0.1) is 33.7 Å². The molecule has 2 fully saturated rings. The van der Waals surface area contributed by atoms with E-state index < -0.39 is 48.1 Å². The number of benzene rings is 2. The lowest BCUT2D eigenvalue weighted by molar-refractivity contribution is 0.00336. The standard InChI is InChI=1S/C32H37ClN4O7SSi/c1-45(40,22-8-6-5-7-9-22)36-31(39)21-12-10-20(11-13-21)27-23(33)16-24-30(35-27)37(19-41-14-15-46(2,3)4)32(34-24)44-26-18-43-28-25(38)17-42-29(26)28/h5-13,16,25-26,28-29,38H,14-15,17-19H2,1-4H3/t25-,26-,28-,29-,45+/m1/s1. The molecule has 0 saturated carbocycles. The molecule has 4 aromatic rings. The zero-order valence-corrected chi connectivity index (χ0v) is 28.7. The molecule has 0 bridgehead atoms. The lowest BCUT2D eigenvalue weighted by Crippen LogP contribution is -2.35. The van der Waals surface area contributed by atoms with Gasteiger partial charge in [-0.1, -0.05) is 61.6 Å². The summed E-state index contributed by atoms with van der Waals surface area (Å²) in [4.78, 5) is 23.0. The maximum absolute atomic E-state index is 13.1. The molecule has 2 aromatic carbocycles. The van der Waals surface area contributed by atoms with Crippen LogP contribution in [-0.4, -0.2) is 88.3 Å². The first kappa shape index (κ1) is 32.8. The summed E-state index contributed by atoms with van der Waals surface area (Å²) in [6, 6.07) is 18.4. The van der Waals surface area contributed by atoms with E-state index in [1.807, 2.05) is 6.07 Å². The summed E-state index contributed by atoms with van der Waals surface area (Å²) < 4.78 is 42.8. The average molecular weight is 685 g/mol. The Morgan fingerprint density at radius 1 is 1.09 bits per heavy atom. The largest absolute Gasteiger partial charge is 0.456 e. The summed E-state index contributed by atoms with van der Waals surface area (Å²) in [5, 5.41) is 10.5. The summed E-state index contributed by atoms with van der Waals surface area (Å²) in [5.41, 5.74) is 2.46. The first-order chi connectivity index (χ1) is 21.9. The highest BCUT2D eigenvalue weighted by Crippen LogP contribution is 2.34. The third kappa shape index (κ3) is 7.05. The predicted molar refractivity (Wildman–Crippen MR) is 178 cm³/mol. The van der Waals surface area contributed by atoms with Crippen molar-refractivity contribution in [1.29, 1.82) is 0 Å². The number of pyridine rings is 1. The van der Waals surface area contributed by atoms with Crippen molar-refractivity contribution in [1.82, 2.24) is 14.5 Å². The predicted octanol–water partition coefficient (Wildman–Crippen LogP) is 5.27. The second-order valence-corrected chi connectivity index (χ2v) is 21.0. The lowest BCUT2D eigenvalue weighted by Gasteiger charge is -2.19. The highest BCUT2D eigenvalue weighted by molar-refractivity contribution is 7.93. The molecule has 1 amide bonds. The molecular weight excluding hydrogens is 648 g/mol. The van der Waals surface area contributed by atoms with Crippen molar-refractivity contribution in [3.63, 3.8) is 0 Å². The Morgan fingerprint density at radius 3 is 2.52 bits per heavy atom. The third-order valence-corrected chi connectivity index (χ3v) is 11.6. The van der Waals surface area contributed by atoms with Crippen LogP contribution in [0.5, 0.6) is 6.01 Å². The quantitative estimate of drug-likeness (QED) is 0.175. The molecule has 6 rings (SSSR count). The molecule has 244 valence electrons. The van der Waals surface area contributed by atoms with Gasteiger partial charge in [-0.2, -0.15) is 9.35 Å². The van der Waals surface area contributed by atoms with Crippen molar-refractivity contribution in [3.05, 3.63) is 71.2 Å². The maximum atomic E-state index is 13.1. The van der Waals surface area contributed by atoms with Gasteiger partial charge in [0.25, 0.3) is 5.91 Å². The monoisotopic (exact) mass is 684 g/mol. The number of halogens is 1. The lowest BCUT2D eigenvalue weighted by atomic mass is 10.1. The van der Waals surface area contributed by atoms with E-state index in [1.54, 1.807) is 59.2 Å². The zero-order valence-electron chi connectivity index (χ0n) is 26.1. The fraction of sp³-hybridized carbons (Fsp3) is 0.406. The summed E-state index contributed by atoms with van der Waals surface area (Å²) in [5.74, 6) is -0.579. The van der Waals surface area contributed by atoms with E-state index >= 15 is 0 Å². The number of aromatic nitrogens is 3. The number of hydrogen-bond acceptors (Lipinski definition) is 9. The SMILES string of the molecule is C[Si](C)(C)CCOCn1c(O[C@@H]2CO[C@H]3[C@@H]2OC[C@H]3O)nc2cc(Cl)c(-c3ccc(C(=O)N=[S@@](C)(=O)c4ccccc4)cc3)nc21. The second kappa shape index (κ2) is 13.1. The van der Waals surface area contributed by atoms with Crippen LogP contribution in [0.1, 0.15) is 10.4 Å². The Balaban J connectivity index is 1.29. The van der Waals surface area contributed by atoms with Gasteiger partial charge in [0, 0.05) is 37.0 Å². The normalized spacial score (nSPS) is 22.5. The Hall–Kier alpha value is -3.17. The maximum Gasteiger partial charge on any atom is 0.301 e. The molecule has 4 heterocycles. The van der Waals surface area contributed by atoms with E-state index in [4.69, 9.17) is 40.5 Å². The van der Waals surface area contributed by atoms with Crippen LogP contribution in [0.3, 0.4) is 0 Å². The van der Waals surface area contributed by atoms with Crippen molar-refractivity contribution in [2.24, 2.45) is 4.36 Å². The smallest absolute Gasteiger partial charge is 0.301 e. The third-order valence-electron chi connectivity index (χ3n) is 7.94. The summed E-state index contributed by atoms with van der Waals surface area (Å²) in [7, 11) is -4.22. The van der Waals surface area contributed by atoms with Gasteiger partial charge >= 0.3 is 6.01 Å². The molecule has 2 aromatic heterocycles. The van der Waals surface area contributed by atoms with Crippen LogP contribution in [0.4, 0.5) is 0 Å². The molecule has 1 N–H and O–H groups in total. The molecule has 46 heavy (non-hydrogen) atoms. The molecule has 0 aliphatic carbocycles. The van der Waals surface area contributed by atoms with E-state index in [1.165, 1.54) is 6.26 Å². The minimum absolute atomic E-state index is 0.155. The van der Waals surface area contributed by atoms with E-state index in [2.05, 4.69) is 24.0 Å². The van der Waals surface area contributed by atoms with Crippen LogP contribution in [0, 0.1) is 0 Å². The molecule has 0 spiro atoms. The van der Waals surface area contributed by atoms with Gasteiger partial charge in [-0.3, -0.25) is 9.36 Å². The van der Waals surface area contributed by atoms with Gasteiger partial charge in [0.2, 0.25) is 0 Å². The van der Waals surface area contributed by atoms with E-state index in [-0.39, 0.29) is 26.0 Å². The van der Waals surface area contributed by atoms with Gasteiger partial charge in [0.15, 0.2) is 11.8 Å². The van der Waals surface area contributed by atoms with Gasteiger partial charge in [-0.25, -0.2) is 9.19 Å². The molecule has 0 unspecified atom stereocenters. The Kier molecular flexibility index (Phi) is 9.36. The number of hydrogen-bond donors (Lipinski definition) is 1. The second-order valence-electron chi connectivity index (χ2n) is 12.7. The van der Waals surface area contributed by atoms with Crippen molar-refractivity contribution in [3.8, 4) is 17.3 Å². The number of carbonyl (C=O) groups is 1. The number of carbonyl (C=O) groups excluding carboxylic acids is 1. The molecule has 2 aliphatic rings.